The third-order valence-electron chi connectivity index (χ3n) is 3.68. The van der Waals surface area contributed by atoms with Gasteiger partial charge in [0.05, 0.1) is 31.1 Å². The van der Waals surface area contributed by atoms with Gasteiger partial charge in [-0.2, -0.15) is 0 Å². The predicted octanol–water partition coefficient (Wildman–Crippen LogP) is 3.78. The topological polar surface area (TPSA) is 67.2 Å². The monoisotopic (exact) mass is 321 g/mol. The lowest BCUT2D eigenvalue weighted by Crippen LogP contribution is -2.15. The summed E-state index contributed by atoms with van der Waals surface area (Å²) < 4.78 is 5.25. The maximum absolute atomic E-state index is 12.1. The van der Waals surface area contributed by atoms with E-state index in [1.165, 1.54) is 0 Å². The molecule has 122 valence electrons. The van der Waals surface area contributed by atoms with E-state index in [-0.39, 0.29) is 5.91 Å². The lowest BCUT2D eigenvalue weighted by atomic mass is 10.1. The van der Waals surface area contributed by atoms with Gasteiger partial charge in [0.2, 0.25) is 5.91 Å². The molecule has 3 rings (SSSR count). The van der Waals surface area contributed by atoms with Crippen molar-refractivity contribution in [3.63, 3.8) is 0 Å². The number of hydrogen-bond acceptors (Lipinski definition) is 4. The molecular weight excluding hydrogens is 302 g/mol. The quantitative estimate of drug-likeness (QED) is 0.725. The van der Waals surface area contributed by atoms with Gasteiger partial charge in [-0.25, -0.2) is 4.98 Å². The number of aryl methyl sites for hydroxylation is 1. The molecule has 0 bridgehead atoms. The van der Waals surface area contributed by atoms with Crippen molar-refractivity contribution >= 4 is 17.4 Å². The van der Waals surface area contributed by atoms with E-state index in [1.54, 1.807) is 12.5 Å². The van der Waals surface area contributed by atoms with Crippen molar-refractivity contribution in [2.45, 2.75) is 19.9 Å². The highest BCUT2D eigenvalue weighted by Gasteiger charge is 2.06. The van der Waals surface area contributed by atoms with Gasteiger partial charge in [0, 0.05) is 0 Å². The highest BCUT2D eigenvalue weighted by Crippen LogP contribution is 2.13. The molecule has 5 nitrogen and oxygen atoms in total. The minimum Gasteiger partial charge on any atom is -0.467 e. The molecule has 0 radical (unpaired) electrons. The molecule has 24 heavy (non-hydrogen) atoms. The van der Waals surface area contributed by atoms with Crippen molar-refractivity contribution in [3.05, 3.63) is 77.9 Å². The molecule has 2 aromatic heterocycles. The maximum Gasteiger partial charge on any atom is 0.228 e. The molecule has 5 heteroatoms. The molecule has 3 aromatic rings. The molecule has 0 saturated carbocycles. The van der Waals surface area contributed by atoms with Crippen LogP contribution in [0.5, 0.6) is 0 Å². The Balaban J connectivity index is 1.54. The average molecular weight is 321 g/mol. The first kappa shape index (κ1) is 15.8. The Bertz CT molecular complexity index is 796. The Hall–Kier alpha value is -3.08. The maximum atomic E-state index is 12.1. The second-order valence-electron chi connectivity index (χ2n) is 5.52. The molecular formula is C19H19N3O2. The fraction of sp³-hybridized carbons (Fsp3) is 0.158. The van der Waals surface area contributed by atoms with Gasteiger partial charge in [-0.1, -0.05) is 24.3 Å². The fourth-order valence-corrected chi connectivity index (χ4v) is 2.35. The Morgan fingerprint density at radius 1 is 1.12 bits per heavy atom. The molecule has 0 spiro atoms. The zero-order valence-electron chi connectivity index (χ0n) is 13.5. The van der Waals surface area contributed by atoms with Crippen molar-refractivity contribution in [1.29, 1.82) is 0 Å². The van der Waals surface area contributed by atoms with Gasteiger partial charge in [0.25, 0.3) is 0 Å². The number of nitrogens with zero attached hydrogens (tertiary/aromatic N) is 1. The smallest absolute Gasteiger partial charge is 0.228 e. The van der Waals surface area contributed by atoms with Crippen LogP contribution in [0.25, 0.3) is 0 Å². The van der Waals surface area contributed by atoms with E-state index in [9.17, 15) is 4.79 Å². The number of aromatic nitrogens is 1. The Morgan fingerprint density at radius 3 is 2.71 bits per heavy atom. The van der Waals surface area contributed by atoms with Crippen LogP contribution >= 0.6 is 0 Å². The third-order valence-corrected chi connectivity index (χ3v) is 3.68. The van der Waals surface area contributed by atoms with Crippen LogP contribution < -0.4 is 10.6 Å². The molecule has 0 aliphatic carbocycles. The molecule has 0 saturated heterocycles. The fourth-order valence-electron chi connectivity index (χ4n) is 2.35. The van der Waals surface area contributed by atoms with Crippen molar-refractivity contribution < 1.29 is 9.21 Å². The summed E-state index contributed by atoms with van der Waals surface area (Å²) in [6.45, 7) is 2.57. The number of hydrogen-bond donors (Lipinski definition) is 2. The van der Waals surface area contributed by atoms with E-state index < -0.39 is 0 Å². The van der Waals surface area contributed by atoms with Crippen molar-refractivity contribution in [2.75, 3.05) is 10.6 Å². The standard InChI is InChI=1S/C19H19N3O2/c1-14-5-2-3-6-15(14)11-19(23)22-16-8-9-18(20-12-16)21-13-17-7-4-10-24-17/h2-10,12H,11,13H2,1H3,(H,20,21)(H,22,23). The summed E-state index contributed by atoms with van der Waals surface area (Å²) in [5, 5.41) is 6.02. The normalized spacial score (nSPS) is 10.4. The summed E-state index contributed by atoms with van der Waals surface area (Å²) in [5.74, 6) is 1.51. The second-order valence-corrected chi connectivity index (χ2v) is 5.52. The second kappa shape index (κ2) is 7.46. The summed E-state index contributed by atoms with van der Waals surface area (Å²) >= 11 is 0. The number of rotatable bonds is 6. The molecule has 1 amide bonds. The summed E-state index contributed by atoms with van der Waals surface area (Å²) in [6.07, 6.45) is 3.63. The van der Waals surface area contributed by atoms with E-state index in [0.29, 0.717) is 18.7 Å². The summed E-state index contributed by atoms with van der Waals surface area (Å²) in [5.41, 5.74) is 2.82. The molecule has 0 aliphatic heterocycles. The van der Waals surface area contributed by atoms with Gasteiger partial charge in [-0.15, -0.1) is 0 Å². The van der Waals surface area contributed by atoms with E-state index >= 15 is 0 Å². The minimum atomic E-state index is -0.0533. The molecule has 1 aromatic carbocycles. The summed E-state index contributed by atoms with van der Waals surface area (Å²) in [6, 6.07) is 15.3. The lowest BCUT2D eigenvalue weighted by molar-refractivity contribution is -0.115. The van der Waals surface area contributed by atoms with Crippen LogP contribution in [0.2, 0.25) is 0 Å². The largest absolute Gasteiger partial charge is 0.467 e. The van der Waals surface area contributed by atoms with Crippen LogP contribution in [0.4, 0.5) is 11.5 Å². The van der Waals surface area contributed by atoms with E-state index in [4.69, 9.17) is 4.42 Å². The number of benzene rings is 1. The Morgan fingerprint density at radius 2 is 2.00 bits per heavy atom. The van der Waals surface area contributed by atoms with Gasteiger partial charge in [-0.3, -0.25) is 4.79 Å². The summed E-state index contributed by atoms with van der Waals surface area (Å²) in [4.78, 5) is 16.4. The van der Waals surface area contributed by atoms with Crippen LogP contribution in [-0.4, -0.2) is 10.9 Å². The molecule has 0 aliphatic rings. The predicted molar refractivity (Wildman–Crippen MR) is 93.8 cm³/mol. The minimum absolute atomic E-state index is 0.0533. The van der Waals surface area contributed by atoms with Gasteiger partial charge < -0.3 is 15.1 Å². The van der Waals surface area contributed by atoms with Gasteiger partial charge in [-0.05, 0) is 42.3 Å². The zero-order valence-corrected chi connectivity index (χ0v) is 13.5. The first-order valence-electron chi connectivity index (χ1n) is 7.77. The SMILES string of the molecule is Cc1ccccc1CC(=O)Nc1ccc(NCc2ccco2)nc1. The van der Waals surface area contributed by atoms with E-state index in [1.807, 2.05) is 55.5 Å². The van der Waals surface area contributed by atoms with Gasteiger partial charge >= 0.3 is 0 Å². The number of amides is 1. The molecule has 0 fully saturated rings. The number of pyridine rings is 1. The number of carbonyl (C=O) groups is 1. The first-order chi connectivity index (χ1) is 11.7. The first-order valence-corrected chi connectivity index (χ1v) is 7.77. The molecule has 0 atom stereocenters. The number of furan rings is 1. The average Bonchev–Trinajstić information content (AvgIpc) is 3.10. The zero-order chi connectivity index (χ0) is 16.8. The van der Waals surface area contributed by atoms with Gasteiger partial charge in [0.15, 0.2) is 0 Å². The molecule has 2 heterocycles. The van der Waals surface area contributed by atoms with Crippen LogP contribution in [-0.2, 0) is 17.8 Å². The highest BCUT2D eigenvalue weighted by atomic mass is 16.3. The third kappa shape index (κ3) is 4.23. The van der Waals surface area contributed by atoms with Crippen LogP contribution in [0, 0.1) is 6.92 Å². The highest BCUT2D eigenvalue weighted by molar-refractivity contribution is 5.92. The summed E-state index contributed by atoms with van der Waals surface area (Å²) in [7, 11) is 0. The van der Waals surface area contributed by atoms with Gasteiger partial charge in [0.1, 0.15) is 11.6 Å². The van der Waals surface area contributed by atoms with Crippen molar-refractivity contribution in [3.8, 4) is 0 Å². The Kier molecular flexibility index (Phi) is 4.91. The van der Waals surface area contributed by atoms with E-state index in [0.717, 1.165) is 22.7 Å². The Labute approximate surface area is 140 Å². The van der Waals surface area contributed by atoms with Crippen molar-refractivity contribution in [1.82, 2.24) is 4.98 Å². The lowest BCUT2D eigenvalue weighted by Gasteiger charge is -2.08. The van der Waals surface area contributed by atoms with Crippen LogP contribution in [0.1, 0.15) is 16.9 Å². The number of carbonyl (C=O) groups excluding carboxylic acids is 1. The number of anilines is 2. The van der Waals surface area contributed by atoms with Crippen molar-refractivity contribution in [2.24, 2.45) is 0 Å². The molecule has 2 N–H and O–H groups in total. The number of nitrogens with one attached hydrogen (secondary N) is 2. The van der Waals surface area contributed by atoms with Crippen LogP contribution in [0.3, 0.4) is 0 Å². The van der Waals surface area contributed by atoms with E-state index in [2.05, 4.69) is 15.6 Å². The molecule has 0 unspecified atom stereocenters. The van der Waals surface area contributed by atoms with Crippen LogP contribution in [0.15, 0.2) is 65.4 Å².